The lowest BCUT2D eigenvalue weighted by atomic mass is 9.89. The second-order valence-corrected chi connectivity index (χ2v) is 5.54. The molecular formula is C15H24O4. The van der Waals surface area contributed by atoms with Crippen LogP contribution in [-0.2, 0) is 19.1 Å². The summed E-state index contributed by atoms with van der Waals surface area (Å²) in [6.45, 7) is 14.9. The molecule has 0 atom stereocenters. The van der Waals surface area contributed by atoms with Crippen LogP contribution in [0.5, 0.6) is 0 Å². The lowest BCUT2D eigenvalue weighted by Gasteiger charge is -2.24. The Morgan fingerprint density at radius 1 is 1.00 bits per heavy atom. The van der Waals surface area contributed by atoms with Crippen LogP contribution in [0, 0.1) is 5.41 Å². The van der Waals surface area contributed by atoms with Gasteiger partial charge in [0.2, 0.25) is 0 Å². The third-order valence-electron chi connectivity index (χ3n) is 2.52. The van der Waals surface area contributed by atoms with Gasteiger partial charge in [-0.1, -0.05) is 27.0 Å². The van der Waals surface area contributed by atoms with Crippen LogP contribution in [0.1, 0.15) is 40.5 Å². The maximum atomic E-state index is 11.3. The molecule has 0 heterocycles. The maximum Gasteiger partial charge on any atom is 0.333 e. The van der Waals surface area contributed by atoms with Gasteiger partial charge in [-0.25, -0.2) is 9.59 Å². The highest BCUT2D eigenvalue weighted by Crippen LogP contribution is 2.23. The zero-order chi connectivity index (χ0) is 15.1. The molecule has 0 aromatic rings. The van der Waals surface area contributed by atoms with Gasteiger partial charge in [-0.05, 0) is 32.1 Å². The Labute approximate surface area is 115 Å². The highest BCUT2D eigenvalue weighted by atomic mass is 16.5. The van der Waals surface area contributed by atoms with Gasteiger partial charge in [-0.15, -0.1) is 0 Å². The molecule has 0 unspecified atom stereocenters. The van der Waals surface area contributed by atoms with E-state index in [-0.39, 0.29) is 17.4 Å². The molecule has 0 saturated carbocycles. The van der Waals surface area contributed by atoms with E-state index in [0.29, 0.717) is 24.4 Å². The van der Waals surface area contributed by atoms with E-state index in [1.165, 1.54) is 0 Å². The summed E-state index contributed by atoms with van der Waals surface area (Å²) in [7, 11) is 0. The minimum Gasteiger partial charge on any atom is -0.462 e. The van der Waals surface area contributed by atoms with Crippen LogP contribution >= 0.6 is 0 Å². The molecule has 108 valence electrons. The number of carbonyl (C=O) groups is 2. The van der Waals surface area contributed by atoms with Crippen molar-refractivity contribution < 1.29 is 19.1 Å². The molecule has 19 heavy (non-hydrogen) atoms. The fourth-order valence-electron chi connectivity index (χ4n) is 1.30. The molecule has 0 fully saturated rings. The summed E-state index contributed by atoms with van der Waals surface area (Å²) in [4.78, 5) is 22.4. The largest absolute Gasteiger partial charge is 0.462 e. The van der Waals surface area contributed by atoms with Gasteiger partial charge < -0.3 is 9.47 Å². The Hall–Kier alpha value is -1.58. The van der Waals surface area contributed by atoms with E-state index in [2.05, 4.69) is 13.2 Å². The summed E-state index contributed by atoms with van der Waals surface area (Å²) in [6, 6.07) is 0. The summed E-state index contributed by atoms with van der Waals surface area (Å²) in [5.41, 5.74) is 0.640. The van der Waals surface area contributed by atoms with Crippen molar-refractivity contribution in [2.75, 3.05) is 13.2 Å². The molecule has 0 aliphatic heterocycles. The quantitative estimate of drug-likeness (QED) is 0.386. The highest BCUT2D eigenvalue weighted by Gasteiger charge is 2.20. The number of ether oxygens (including phenoxy) is 2. The number of rotatable bonds is 8. The van der Waals surface area contributed by atoms with Crippen LogP contribution in [0.25, 0.3) is 0 Å². The summed E-state index contributed by atoms with van der Waals surface area (Å²) in [5, 5.41) is 0. The molecule has 0 spiro atoms. The Balaban J connectivity index is 3.91. The normalized spacial score (nSPS) is 10.7. The molecule has 0 amide bonds. The highest BCUT2D eigenvalue weighted by molar-refractivity contribution is 5.87. The predicted octanol–water partition coefficient (Wildman–Crippen LogP) is 3.03. The molecular weight excluding hydrogens is 244 g/mol. The van der Waals surface area contributed by atoms with Crippen LogP contribution in [0.2, 0.25) is 0 Å². The van der Waals surface area contributed by atoms with Crippen LogP contribution in [-0.4, -0.2) is 25.2 Å². The van der Waals surface area contributed by atoms with Gasteiger partial charge in [-0.3, -0.25) is 0 Å². The molecule has 4 heteroatoms. The van der Waals surface area contributed by atoms with Gasteiger partial charge >= 0.3 is 11.9 Å². The van der Waals surface area contributed by atoms with Crippen molar-refractivity contribution in [1.29, 1.82) is 0 Å². The average molecular weight is 268 g/mol. The fourth-order valence-corrected chi connectivity index (χ4v) is 1.30. The van der Waals surface area contributed by atoms with Crippen molar-refractivity contribution in [1.82, 2.24) is 0 Å². The van der Waals surface area contributed by atoms with E-state index in [4.69, 9.17) is 9.47 Å². The zero-order valence-corrected chi connectivity index (χ0v) is 12.4. The molecule has 4 nitrogen and oxygen atoms in total. The van der Waals surface area contributed by atoms with Gasteiger partial charge in [0.1, 0.15) is 0 Å². The van der Waals surface area contributed by atoms with Crippen LogP contribution < -0.4 is 0 Å². The van der Waals surface area contributed by atoms with Gasteiger partial charge in [0.15, 0.2) is 0 Å². The fraction of sp³-hybridized carbons (Fsp3) is 0.600. The summed E-state index contributed by atoms with van der Waals surface area (Å²) >= 11 is 0. The summed E-state index contributed by atoms with van der Waals surface area (Å²) in [5.74, 6) is -0.742. The van der Waals surface area contributed by atoms with E-state index in [1.54, 1.807) is 13.8 Å². The molecule has 0 aliphatic carbocycles. The molecule has 0 rings (SSSR count). The molecule has 0 saturated heterocycles. The molecule has 0 aromatic heterocycles. The van der Waals surface area contributed by atoms with E-state index in [1.807, 2.05) is 13.8 Å². The van der Waals surface area contributed by atoms with E-state index in [0.717, 1.165) is 12.8 Å². The number of hydrogen-bond donors (Lipinski definition) is 0. The first-order valence-corrected chi connectivity index (χ1v) is 6.31. The van der Waals surface area contributed by atoms with Crippen molar-refractivity contribution in [3.8, 4) is 0 Å². The number of carbonyl (C=O) groups excluding carboxylic acids is 2. The number of hydrogen-bond acceptors (Lipinski definition) is 4. The van der Waals surface area contributed by atoms with Gasteiger partial charge in [0.05, 0.1) is 13.2 Å². The third-order valence-corrected chi connectivity index (χ3v) is 2.52. The summed E-state index contributed by atoms with van der Waals surface area (Å²) in [6.07, 6.45) is 1.51. The van der Waals surface area contributed by atoms with Gasteiger partial charge in [-0.2, -0.15) is 0 Å². The first-order valence-electron chi connectivity index (χ1n) is 6.31. The second-order valence-electron chi connectivity index (χ2n) is 5.54. The standard InChI is InChI=1S/C15H24O4/c1-11(2)13(16)18-9-7-8-15(5,6)10-19-14(17)12(3)4/h1,3,7-10H2,2,4-6H3. The van der Waals surface area contributed by atoms with Crippen molar-refractivity contribution in [3.05, 3.63) is 24.3 Å². The molecule has 0 aromatic carbocycles. The van der Waals surface area contributed by atoms with E-state index < -0.39 is 0 Å². The van der Waals surface area contributed by atoms with Crippen molar-refractivity contribution in [3.63, 3.8) is 0 Å². The minimum atomic E-state index is -0.373. The Morgan fingerprint density at radius 2 is 1.47 bits per heavy atom. The van der Waals surface area contributed by atoms with E-state index in [9.17, 15) is 9.59 Å². The first kappa shape index (κ1) is 17.4. The number of esters is 2. The third kappa shape index (κ3) is 8.19. The zero-order valence-electron chi connectivity index (χ0n) is 12.4. The summed E-state index contributed by atoms with van der Waals surface area (Å²) < 4.78 is 10.1. The Morgan fingerprint density at radius 3 is 1.95 bits per heavy atom. The van der Waals surface area contributed by atoms with Crippen LogP contribution in [0.15, 0.2) is 24.3 Å². The van der Waals surface area contributed by atoms with Gasteiger partial charge in [0, 0.05) is 11.1 Å². The van der Waals surface area contributed by atoms with Crippen molar-refractivity contribution >= 4 is 11.9 Å². The maximum absolute atomic E-state index is 11.3. The molecule has 0 N–H and O–H groups in total. The van der Waals surface area contributed by atoms with E-state index >= 15 is 0 Å². The van der Waals surface area contributed by atoms with Crippen LogP contribution in [0.4, 0.5) is 0 Å². The predicted molar refractivity (Wildman–Crippen MR) is 74.6 cm³/mol. The average Bonchev–Trinajstić information content (AvgIpc) is 2.31. The minimum absolute atomic E-state index is 0.152. The lowest BCUT2D eigenvalue weighted by molar-refractivity contribution is -0.142. The molecule has 0 bridgehead atoms. The van der Waals surface area contributed by atoms with Crippen LogP contribution in [0.3, 0.4) is 0 Å². The van der Waals surface area contributed by atoms with Crippen molar-refractivity contribution in [2.45, 2.75) is 40.5 Å². The topological polar surface area (TPSA) is 52.6 Å². The van der Waals surface area contributed by atoms with Crippen molar-refractivity contribution in [2.24, 2.45) is 5.41 Å². The monoisotopic (exact) mass is 268 g/mol. The Bertz CT molecular complexity index is 366. The van der Waals surface area contributed by atoms with Gasteiger partial charge in [0.25, 0.3) is 0 Å². The second kappa shape index (κ2) is 7.77. The molecule has 0 radical (unpaired) electrons. The Kier molecular flexibility index (Phi) is 7.12. The lowest BCUT2D eigenvalue weighted by Crippen LogP contribution is -2.23. The molecule has 0 aliphatic rings. The smallest absolute Gasteiger partial charge is 0.333 e. The SMILES string of the molecule is C=C(C)C(=O)OCCCC(C)(C)COC(=O)C(=C)C. The first-order chi connectivity index (χ1) is 8.65.